The summed E-state index contributed by atoms with van der Waals surface area (Å²) in [5.41, 5.74) is 9.43. The normalized spacial score (nSPS) is 17.2. The lowest BCUT2D eigenvalue weighted by atomic mass is 10.1. The molecule has 9 nitrogen and oxygen atoms in total. The summed E-state index contributed by atoms with van der Waals surface area (Å²) in [6.45, 7) is 7.70. The highest BCUT2D eigenvalue weighted by atomic mass is 19.1. The van der Waals surface area contributed by atoms with E-state index in [2.05, 4.69) is 30.2 Å². The maximum atomic E-state index is 13.5. The maximum Gasteiger partial charge on any atom is 0.123 e. The van der Waals surface area contributed by atoms with Gasteiger partial charge in [0.25, 0.3) is 0 Å². The van der Waals surface area contributed by atoms with E-state index in [1.54, 1.807) is 24.5 Å². The molecule has 2 fully saturated rings. The summed E-state index contributed by atoms with van der Waals surface area (Å²) < 4.78 is 37.1. The number of nitrogen functional groups attached to an aromatic ring is 1. The Morgan fingerprint density at radius 1 is 0.833 bits per heavy atom. The summed E-state index contributed by atoms with van der Waals surface area (Å²) >= 11 is 0. The summed E-state index contributed by atoms with van der Waals surface area (Å²) in [6.07, 6.45) is 3.23. The van der Waals surface area contributed by atoms with Crippen LogP contribution in [-0.4, -0.2) is 72.6 Å². The van der Waals surface area contributed by atoms with Crippen LogP contribution in [0.1, 0.15) is 11.1 Å². The second-order valence-corrected chi connectivity index (χ2v) is 8.55. The van der Waals surface area contributed by atoms with Gasteiger partial charge >= 0.3 is 0 Å². The van der Waals surface area contributed by atoms with Gasteiger partial charge < -0.3 is 15.2 Å². The molecule has 3 aromatic rings. The molecule has 0 spiro atoms. The molecule has 2 aliphatic heterocycles. The van der Waals surface area contributed by atoms with Crippen molar-refractivity contribution in [3.05, 3.63) is 71.6 Å². The zero-order valence-electron chi connectivity index (χ0n) is 20.1. The molecule has 0 radical (unpaired) electrons. The van der Waals surface area contributed by atoms with Gasteiger partial charge in [0.1, 0.15) is 17.3 Å². The number of azo groups is 1. The van der Waals surface area contributed by atoms with Crippen LogP contribution in [0.2, 0.25) is 0 Å². The van der Waals surface area contributed by atoms with E-state index in [4.69, 9.17) is 15.2 Å². The first-order valence-corrected chi connectivity index (χ1v) is 11.9. The van der Waals surface area contributed by atoms with Crippen LogP contribution >= 0.6 is 0 Å². The molecule has 0 bridgehead atoms. The fourth-order valence-electron chi connectivity index (χ4n) is 3.90. The molecule has 2 aliphatic rings. The molecule has 5 rings (SSSR count). The van der Waals surface area contributed by atoms with Gasteiger partial charge in [-0.1, -0.05) is 0 Å². The van der Waals surface area contributed by atoms with Crippen LogP contribution in [0.5, 0.6) is 0 Å². The number of halogens is 2. The van der Waals surface area contributed by atoms with Crippen LogP contribution < -0.4 is 5.73 Å². The molecule has 2 saturated heterocycles. The maximum absolute atomic E-state index is 13.5. The lowest BCUT2D eigenvalue weighted by molar-refractivity contribution is 0.0341. The van der Waals surface area contributed by atoms with Crippen molar-refractivity contribution >= 4 is 17.1 Å². The number of hydrogen-bond donors (Lipinski definition) is 2. The molecule has 36 heavy (non-hydrogen) atoms. The van der Waals surface area contributed by atoms with E-state index in [-0.39, 0.29) is 11.6 Å². The van der Waals surface area contributed by atoms with Gasteiger partial charge in [-0.05, 0) is 47.5 Å². The van der Waals surface area contributed by atoms with Gasteiger partial charge in [0.05, 0.1) is 38.3 Å². The van der Waals surface area contributed by atoms with Crippen LogP contribution in [-0.2, 0) is 22.6 Å². The van der Waals surface area contributed by atoms with Gasteiger partial charge in [0.2, 0.25) is 0 Å². The number of aromatic amines is 1. The molecular weight excluding hydrogens is 468 g/mol. The third-order valence-electron chi connectivity index (χ3n) is 5.90. The van der Waals surface area contributed by atoms with Crippen molar-refractivity contribution in [1.29, 1.82) is 0 Å². The van der Waals surface area contributed by atoms with E-state index in [1.165, 1.54) is 24.3 Å². The molecular formula is C25H31F2N7O2. The molecule has 0 saturated carbocycles. The van der Waals surface area contributed by atoms with Crippen LogP contribution in [0, 0.1) is 11.6 Å². The number of hydrogen-bond acceptors (Lipinski definition) is 8. The minimum Gasteiger partial charge on any atom is -0.398 e. The monoisotopic (exact) mass is 499 g/mol. The molecule has 3 N–H and O–H groups in total. The van der Waals surface area contributed by atoms with Crippen LogP contribution in [0.15, 0.2) is 59.0 Å². The van der Waals surface area contributed by atoms with E-state index in [0.29, 0.717) is 43.4 Å². The molecule has 1 aromatic heterocycles. The van der Waals surface area contributed by atoms with E-state index in [9.17, 15) is 8.78 Å². The number of nitrogens with zero attached hydrogens (tertiary/aromatic N) is 5. The minimum atomic E-state index is -0.263. The molecule has 0 atom stereocenters. The predicted octanol–water partition coefficient (Wildman–Crippen LogP) is 4.04. The fourth-order valence-corrected chi connectivity index (χ4v) is 3.90. The Hall–Kier alpha value is -3.25. The number of H-pyrrole nitrogens is 1. The summed E-state index contributed by atoms with van der Waals surface area (Å²) in [6, 6.07) is 9.06. The first kappa shape index (κ1) is 25.8. The second kappa shape index (κ2) is 13.2. The van der Waals surface area contributed by atoms with Crippen LogP contribution in [0.25, 0.3) is 0 Å². The smallest absolute Gasteiger partial charge is 0.123 e. The van der Waals surface area contributed by atoms with Crippen molar-refractivity contribution in [1.82, 2.24) is 20.0 Å². The van der Waals surface area contributed by atoms with Gasteiger partial charge in [0.15, 0.2) is 0 Å². The molecule has 0 unspecified atom stereocenters. The Morgan fingerprint density at radius 3 is 2.03 bits per heavy atom. The van der Waals surface area contributed by atoms with Crippen LogP contribution in [0.3, 0.4) is 0 Å². The average molecular weight is 500 g/mol. The Kier molecular flexibility index (Phi) is 9.45. The molecule has 2 aromatic carbocycles. The van der Waals surface area contributed by atoms with Gasteiger partial charge in [0, 0.05) is 51.2 Å². The molecule has 192 valence electrons. The molecule has 3 heterocycles. The first-order chi connectivity index (χ1) is 17.6. The summed E-state index contributed by atoms with van der Waals surface area (Å²) in [5, 5.41) is 14.8. The highest BCUT2D eigenvalue weighted by molar-refractivity contribution is 5.47. The second-order valence-electron chi connectivity index (χ2n) is 8.55. The Morgan fingerprint density at radius 2 is 1.42 bits per heavy atom. The summed E-state index contributed by atoms with van der Waals surface area (Å²) in [5.74, 6) is -0.493. The molecule has 0 aliphatic carbocycles. The minimum absolute atomic E-state index is 0.229. The van der Waals surface area contributed by atoms with Gasteiger partial charge in [-0.2, -0.15) is 10.2 Å². The van der Waals surface area contributed by atoms with Gasteiger partial charge in [-0.15, -0.1) is 5.11 Å². The summed E-state index contributed by atoms with van der Waals surface area (Å²) in [4.78, 5) is 4.43. The molecule has 0 amide bonds. The van der Waals surface area contributed by atoms with Crippen LogP contribution in [0.4, 0.5) is 25.8 Å². The van der Waals surface area contributed by atoms with Crippen molar-refractivity contribution < 1.29 is 18.3 Å². The Balaban J connectivity index is 0.000000179. The summed E-state index contributed by atoms with van der Waals surface area (Å²) in [7, 11) is 0. The van der Waals surface area contributed by atoms with Crippen molar-refractivity contribution in [2.75, 3.05) is 58.3 Å². The highest BCUT2D eigenvalue weighted by Gasteiger charge is 2.14. The third kappa shape index (κ3) is 7.89. The number of nitrogens with one attached hydrogen (secondary N) is 1. The Labute approximate surface area is 208 Å². The zero-order valence-corrected chi connectivity index (χ0v) is 20.1. The topological polar surface area (TPSA) is 104 Å². The number of rotatable bonds is 6. The average Bonchev–Trinajstić information content (AvgIpc) is 3.41. The SMILES string of the molecule is Fc1ccc(N=Nc2cn[nH]c2)c(CN2CCOCC2)c1.Nc1ccc(F)cc1CN1CCOCC1. The van der Waals surface area contributed by atoms with Crippen molar-refractivity contribution in [2.45, 2.75) is 13.1 Å². The zero-order chi connectivity index (χ0) is 25.2. The van der Waals surface area contributed by atoms with Gasteiger partial charge in [-0.25, -0.2) is 8.78 Å². The third-order valence-corrected chi connectivity index (χ3v) is 5.90. The number of ether oxygens (including phenoxy) is 2. The number of benzene rings is 2. The number of aromatic nitrogens is 2. The lowest BCUT2D eigenvalue weighted by Crippen LogP contribution is -2.35. The van der Waals surface area contributed by atoms with Crippen molar-refractivity contribution in [3.8, 4) is 0 Å². The standard InChI is InChI=1S/C14H16FN5O.C11H15FN2O/c15-12-1-2-14(19-18-13-8-16-17-9-13)11(7-12)10-20-3-5-21-6-4-20;12-10-1-2-11(13)9(7-10)8-14-3-5-15-6-4-14/h1-2,7-9H,3-6,10H2,(H,16,17);1-2,7H,3-6,8,13H2. The van der Waals surface area contributed by atoms with E-state index < -0.39 is 0 Å². The number of nitrogens with two attached hydrogens (primary N) is 1. The predicted molar refractivity (Wildman–Crippen MR) is 132 cm³/mol. The highest BCUT2D eigenvalue weighted by Crippen LogP contribution is 2.24. The van der Waals surface area contributed by atoms with Crippen molar-refractivity contribution in [3.63, 3.8) is 0 Å². The number of morpholine rings is 2. The fraction of sp³-hybridized carbons (Fsp3) is 0.400. The first-order valence-electron chi connectivity index (χ1n) is 11.9. The number of anilines is 1. The largest absolute Gasteiger partial charge is 0.398 e. The van der Waals surface area contributed by atoms with Crippen molar-refractivity contribution in [2.24, 2.45) is 10.2 Å². The lowest BCUT2D eigenvalue weighted by Gasteiger charge is -2.27. The van der Waals surface area contributed by atoms with E-state index >= 15 is 0 Å². The molecule has 11 heteroatoms. The van der Waals surface area contributed by atoms with E-state index in [1.807, 2.05) is 0 Å². The van der Waals surface area contributed by atoms with Gasteiger partial charge in [-0.3, -0.25) is 14.9 Å². The Bertz CT molecular complexity index is 1120. The van der Waals surface area contributed by atoms with E-state index in [0.717, 1.165) is 50.5 Å². The quantitative estimate of drug-likeness (QED) is 0.392.